The molecular formula is C27H35N5O5S. The van der Waals surface area contributed by atoms with Gasteiger partial charge in [-0.05, 0) is 55.0 Å². The Hall–Kier alpha value is -3.28. The van der Waals surface area contributed by atoms with Crippen LogP contribution in [-0.2, 0) is 19.6 Å². The van der Waals surface area contributed by atoms with Crippen molar-refractivity contribution in [3.8, 4) is 11.6 Å². The summed E-state index contributed by atoms with van der Waals surface area (Å²) in [6.07, 6.45) is 6.62. The SMILES string of the molecule is COc1cc(C(=O)NC[C@H](O)CN2CCc3cc(OCc4cnco4)ccc3C2)cc(NC2CCC2)n1.S. The van der Waals surface area contributed by atoms with Crippen molar-refractivity contribution in [2.45, 2.75) is 51.0 Å². The lowest BCUT2D eigenvalue weighted by Gasteiger charge is -2.30. The van der Waals surface area contributed by atoms with Crippen molar-refractivity contribution in [1.82, 2.24) is 20.2 Å². The Morgan fingerprint density at radius 2 is 2.13 bits per heavy atom. The number of benzene rings is 1. The molecule has 3 aromatic rings. The quantitative estimate of drug-likeness (QED) is 0.336. The molecule has 10 nitrogen and oxygen atoms in total. The number of aliphatic hydroxyl groups excluding tert-OH is 1. The van der Waals surface area contributed by atoms with E-state index in [1.807, 2.05) is 6.07 Å². The fraction of sp³-hybridized carbons (Fsp3) is 0.444. The summed E-state index contributed by atoms with van der Waals surface area (Å²) >= 11 is 0. The van der Waals surface area contributed by atoms with Gasteiger partial charge in [0.1, 0.15) is 18.2 Å². The number of fused-ring (bicyclic) bond motifs is 1. The van der Waals surface area contributed by atoms with Gasteiger partial charge in [-0.15, -0.1) is 0 Å². The number of aliphatic hydroxyl groups is 1. The Morgan fingerprint density at radius 1 is 1.26 bits per heavy atom. The molecule has 0 unspecified atom stereocenters. The van der Waals surface area contributed by atoms with Crippen molar-refractivity contribution in [1.29, 1.82) is 0 Å². The minimum Gasteiger partial charge on any atom is -0.486 e. The summed E-state index contributed by atoms with van der Waals surface area (Å²) in [6.45, 7) is 2.53. The fourth-order valence-electron chi connectivity index (χ4n) is 4.55. The molecule has 5 rings (SSSR count). The molecule has 11 heteroatoms. The first kappa shape index (κ1) is 27.7. The second-order valence-corrected chi connectivity index (χ2v) is 9.59. The number of pyridine rings is 1. The lowest BCUT2D eigenvalue weighted by molar-refractivity contribution is 0.0841. The first-order valence-electron chi connectivity index (χ1n) is 12.7. The van der Waals surface area contributed by atoms with E-state index in [9.17, 15) is 9.90 Å². The molecular weight excluding hydrogens is 506 g/mol. The second-order valence-electron chi connectivity index (χ2n) is 9.59. The number of nitrogens with one attached hydrogen (secondary N) is 2. The average Bonchev–Trinajstić information content (AvgIpc) is 3.41. The van der Waals surface area contributed by atoms with Crippen molar-refractivity contribution in [2.75, 3.05) is 32.1 Å². The van der Waals surface area contributed by atoms with Crippen molar-refractivity contribution in [2.24, 2.45) is 0 Å². The van der Waals surface area contributed by atoms with Gasteiger partial charge >= 0.3 is 0 Å². The van der Waals surface area contributed by atoms with Gasteiger partial charge in [0.2, 0.25) is 5.88 Å². The number of aromatic nitrogens is 2. The predicted octanol–water partition coefficient (Wildman–Crippen LogP) is 2.88. The smallest absolute Gasteiger partial charge is 0.251 e. The molecule has 3 heterocycles. The number of ether oxygens (including phenoxy) is 2. The summed E-state index contributed by atoms with van der Waals surface area (Å²) in [4.78, 5) is 23.3. The van der Waals surface area contributed by atoms with E-state index in [1.165, 1.54) is 31.1 Å². The lowest BCUT2D eigenvalue weighted by atomic mass is 9.93. The Kier molecular flexibility index (Phi) is 9.48. The molecule has 1 aliphatic carbocycles. The van der Waals surface area contributed by atoms with Crippen molar-refractivity contribution < 1.29 is 23.8 Å². The Bertz CT molecular complexity index is 1200. The number of amides is 1. The summed E-state index contributed by atoms with van der Waals surface area (Å²) in [5, 5.41) is 16.8. The molecule has 1 atom stereocenters. The zero-order valence-corrected chi connectivity index (χ0v) is 22.5. The lowest BCUT2D eigenvalue weighted by Crippen LogP contribution is -2.42. The molecule has 1 aromatic carbocycles. The largest absolute Gasteiger partial charge is 0.486 e. The number of anilines is 1. The average molecular weight is 542 g/mol. The Morgan fingerprint density at radius 3 is 2.87 bits per heavy atom. The molecule has 204 valence electrons. The molecule has 38 heavy (non-hydrogen) atoms. The standard InChI is InChI=1S/C27H33N5O5.H2S/c1-35-26-11-20(10-25(31-26)30-21-3-2-4-21)27(34)29-12-22(33)15-32-8-7-18-9-23(6-5-19(18)14-32)36-16-24-13-28-17-37-24;/h5-6,9-11,13,17,21-22,33H,2-4,7-8,12,14-16H2,1H3,(H,29,34)(H,30,31);1H2/t22-;/m0./s1. The summed E-state index contributed by atoms with van der Waals surface area (Å²) in [5.41, 5.74) is 2.91. The number of β-amino-alcohol motifs (C(OH)–C–C–N with tert-alkyl or cyclic N) is 1. The maximum atomic E-state index is 12.8. The van der Waals surface area contributed by atoms with Crippen molar-refractivity contribution in [3.05, 3.63) is 65.4 Å². The van der Waals surface area contributed by atoms with Crippen LogP contribution in [0.3, 0.4) is 0 Å². The number of hydrogen-bond acceptors (Lipinski definition) is 9. The zero-order chi connectivity index (χ0) is 25.6. The number of carbonyl (C=O) groups excluding carboxylic acids is 1. The van der Waals surface area contributed by atoms with Crippen LogP contribution in [0.4, 0.5) is 5.82 Å². The molecule has 1 saturated carbocycles. The normalized spacial score (nSPS) is 15.9. The zero-order valence-electron chi connectivity index (χ0n) is 21.5. The molecule has 0 spiro atoms. The van der Waals surface area contributed by atoms with Crippen LogP contribution < -0.4 is 20.1 Å². The summed E-state index contributed by atoms with van der Waals surface area (Å²) < 4.78 is 16.3. The highest BCUT2D eigenvalue weighted by Gasteiger charge is 2.21. The van der Waals surface area contributed by atoms with Crippen LogP contribution in [0.2, 0.25) is 0 Å². The Balaban J connectivity index is 0.00000336. The fourth-order valence-corrected chi connectivity index (χ4v) is 4.55. The van der Waals surface area contributed by atoms with Gasteiger partial charge in [0.25, 0.3) is 5.91 Å². The summed E-state index contributed by atoms with van der Waals surface area (Å²) in [7, 11) is 1.53. The third-order valence-electron chi connectivity index (χ3n) is 6.83. The third kappa shape index (κ3) is 7.18. The van der Waals surface area contributed by atoms with Crippen LogP contribution in [0.5, 0.6) is 11.6 Å². The molecule has 1 amide bonds. The molecule has 2 aromatic heterocycles. The van der Waals surface area contributed by atoms with Crippen molar-refractivity contribution >= 4 is 25.2 Å². The number of rotatable bonds is 11. The highest BCUT2D eigenvalue weighted by Crippen LogP contribution is 2.26. The molecule has 0 bridgehead atoms. The van der Waals surface area contributed by atoms with Crippen LogP contribution in [0.1, 0.15) is 46.5 Å². The first-order valence-corrected chi connectivity index (χ1v) is 12.7. The number of nitrogens with zero attached hydrogens (tertiary/aromatic N) is 3. The van der Waals surface area contributed by atoms with Gasteiger partial charge < -0.3 is 29.6 Å². The minimum atomic E-state index is -0.689. The monoisotopic (exact) mass is 541 g/mol. The van der Waals surface area contributed by atoms with E-state index in [0.717, 1.165) is 38.1 Å². The van der Waals surface area contributed by atoms with Gasteiger partial charge in [0.15, 0.2) is 12.2 Å². The highest BCUT2D eigenvalue weighted by molar-refractivity contribution is 7.59. The number of carbonyl (C=O) groups is 1. The van der Waals surface area contributed by atoms with E-state index < -0.39 is 6.10 Å². The second kappa shape index (κ2) is 13.0. The van der Waals surface area contributed by atoms with Crippen LogP contribution in [0.15, 0.2) is 47.3 Å². The van der Waals surface area contributed by atoms with Gasteiger partial charge in [-0.3, -0.25) is 9.69 Å². The van der Waals surface area contributed by atoms with E-state index >= 15 is 0 Å². The molecule has 1 aliphatic heterocycles. The predicted molar refractivity (Wildman–Crippen MR) is 147 cm³/mol. The van der Waals surface area contributed by atoms with Gasteiger partial charge in [0, 0.05) is 43.9 Å². The van der Waals surface area contributed by atoms with E-state index in [2.05, 4.69) is 37.6 Å². The molecule has 3 N–H and O–H groups in total. The van der Waals surface area contributed by atoms with Gasteiger partial charge in [-0.25, -0.2) is 4.98 Å². The van der Waals surface area contributed by atoms with Gasteiger partial charge in [0.05, 0.1) is 19.4 Å². The Labute approximate surface area is 229 Å². The van der Waals surface area contributed by atoms with E-state index in [0.29, 0.717) is 42.2 Å². The minimum absolute atomic E-state index is 0. The van der Waals surface area contributed by atoms with E-state index in [1.54, 1.807) is 18.3 Å². The van der Waals surface area contributed by atoms with Gasteiger partial charge in [-0.2, -0.15) is 18.5 Å². The summed E-state index contributed by atoms with van der Waals surface area (Å²) in [5.74, 6) is 2.23. The van der Waals surface area contributed by atoms with Crippen LogP contribution in [0.25, 0.3) is 0 Å². The molecule has 1 fully saturated rings. The topological polar surface area (TPSA) is 122 Å². The third-order valence-corrected chi connectivity index (χ3v) is 6.83. The van der Waals surface area contributed by atoms with E-state index in [-0.39, 0.29) is 25.9 Å². The number of hydrogen-bond donors (Lipinski definition) is 3. The first-order chi connectivity index (χ1) is 18.1. The highest BCUT2D eigenvalue weighted by atomic mass is 32.1. The maximum Gasteiger partial charge on any atom is 0.251 e. The number of methoxy groups -OCH3 is 1. The maximum absolute atomic E-state index is 12.8. The van der Waals surface area contributed by atoms with Crippen molar-refractivity contribution in [3.63, 3.8) is 0 Å². The van der Waals surface area contributed by atoms with Gasteiger partial charge in [-0.1, -0.05) is 6.07 Å². The molecule has 0 saturated heterocycles. The number of oxazole rings is 1. The van der Waals surface area contributed by atoms with Crippen LogP contribution in [-0.4, -0.2) is 64.8 Å². The summed E-state index contributed by atoms with van der Waals surface area (Å²) in [6, 6.07) is 9.82. The van der Waals surface area contributed by atoms with Crippen LogP contribution >= 0.6 is 13.5 Å². The molecule has 2 aliphatic rings. The van der Waals surface area contributed by atoms with E-state index in [4.69, 9.17) is 13.9 Å². The molecule has 0 radical (unpaired) electrons. The van der Waals surface area contributed by atoms with Crippen LogP contribution in [0, 0.1) is 0 Å².